The van der Waals surface area contributed by atoms with Crippen LogP contribution in [0.3, 0.4) is 0 Å². The van der Waals surface area contributed by atoms with E-state index in [1.807, 2.05) is 20.8 Å². The lowest BCUT2D eigenvalue weighted by molar-refractivity contribution is -0.116. The SMILES string of the molecule is CC1=CC(=O)CC(C)(C)/C1=C/C=O. The van der Waals surface area contributed by atoms with Crippen LogP contribution in [0.4, 0.5) is 0 Å². The van der Waals surface area contributed by atoms with Gasteiger partial charge in [0.1, 0.15) is 6.29 Å². The van der Waals surface area contributed by atoms with Crippen molar-refractivity contribution in [1.82, 2.24) is 0 Å². The minimum atomic E-state index is -0.198. The van der Waals surface area contributed by atoms with E-state index in [4.69, 9.17) is 0 Å². The average molecular weight is 178 g/mol. The number of hydrogen-bond donors (Lipinski definition) is 0. The summed E-state index contributed by atoms with van der Waals surface area (Å²) in [6.45, 7) is 5.83. The van der Waals surface area contributed by atoms with Gasteiger partial charge in [-0.25, -0.2) is 0 Å². The summed E-state index contributed by atoms with van der Waals surface area (Å²) in [5.41, 5.74) is 1.69. The third-order valence-electron chi connectivity index (χ3n) is 2.38. The largest absolute Gasteiger partial charge is 0.299 e. The molecule has 0 aromatic rings. The van der Waals surface area contributed by atoms with Crippen molar-refractivity contribution in [1.29, 1.82) is 0 Å². The first kappa shape index (κ1) is 9.90. The topological polar surface area (TPSA) is 34.1 Å². The Kier molecular flexibility index (Phi) is 2.50. The van der Waals surface area contributed by atoms with Crippen molar-refractivity contribution in [3.8, 4) is 0 Å². The van der Waals surface area contributed by atoms with Crippen molar-refractivity contribution < 1.29 is 9.59 Å². The van der Waals surface area contributed by atoms with Crippen molar-refractivity contribution in [2.75, 3.05) is 0 Å². The maximum absolute atomic E-state index is 11.2. The molecule has 0 radical (unpaired) electrons. The number of rotatable bonds is 1. The maximum Gasteiger partial charge on any atom is 0.156 e. The summed E-state index contributed by atoms with van der Waals surface area (Å²) in [5.74, 6) is 0.144. The molecular formula is C11H14O2. The Labute approximate surface area is 78.3 Å². The molecule has 0 aromatic heterocycles. The van der Waals surface area contributed by atoms with Crippen molar-refractivity contribution in [2.45, 2.75) is 27.2 Å². The fourth-order valence-corrected chi connectivity index (χ4v) is 1.86. The highest BCUT2D eigenvalue weighted by Gasteiger charge is 2.30. The van der Waals surface area contributed by atoms with E-state index in [9.17, 15) is 9.59 Å². The van der Waals surface area contributed by atoms with Gasteiger partial charge in [-0.1, -0.05) is 13.8 Å². The van der Waals surface area contributed by atoms with Crippen LogP contribution in [0.1, 0.15) is 27.2 Å². The molecule has 0 N–H and O–H groups in total. The first-order valence-electron chi connectivity index (χ1n) is 4.35. The van der Waals surface area contributed by atoms with E-state index >= 15 is 0 Å². The highest BCUT2D eigenvalue weighted by molar-refractivity contribution is 5.94. The zero-order valence-electron chi connectivity index (χ0n) is 8.26. The Hall–Kier alpha value is -1.18. The van der Waals surface area contributed by atoms with Crippen LogP contribution >= 0.6 is 0 Å². The molecular weight excluding hydrogens is 164 g/mol. The molecule has 1 rings (SSSR count). The van der Waals surface area contributed by atoms with Crippen LogP contribution in [0.2, 0.25) is 0 Å². The predicted molar refractivity (Wildman–Crippen MR) is 51.3 cm³/mol. The molecule has 0 amide bonds. The summed E-state index contributed by atoms with van der Waals surface area (Å²) in [4.78, 5) is 21.6. The molecule has 0 spiro atoms. The van der Waals surface area contributed by atoms with Gasteiger partial charge in [-0.05, 0) is 35.6 Å². The van der Waals surface area contributed by atoms with Crippen LogP contribution in [0.5, 0.6) is 0 Å². The Morgan fingerprint density at radius 2 is 2.08 bits per heavy atom. The Balaban J connectivity index is 3.18. The van der Waals surface area contributed by atoms with Gasteiger partial charge in [-0.15, -0.1) is 0 Å². The number of hydrogen-bond acceptors (Lipinski definition) is 2. The zero-order chi connectivity index (χ0) is 10.1. The molecule has 0 aliphatic heterocycles. The molecule has 13 heavy (non-hydrogen) atoms. The lowest BCUT2D eigenvalue weighted by atomic mass is 9.73. The summed E-state index contributed by atoms with van der Waals surface area (Å²) in [6, 6.07) is 0. The van der Waals surface area contributed by atoms with Gasteiger partial charge in [0.25, 0.3) is 0 Å². The molecule has 0 bridgehead atoms. The Morgan fingerprint density at radius 3 is 2.54 bits per heavy atom. The van der Waals surface area contributed by atoms with Crippen LogP contribution < -0.4 is 0 Å². The normalized spacial score (nSPS) is 24.4. The van der Waals surface area contributed by atoms with E-state index in [1.54, 1.807) is 12.2 Å². The summed E-state index contributed by atoms with van der Waals surface area (Å²) in [5, 5.41) is 0. The molecule has 1 aliphatic rings. The fourth-order valence-electron chi connectivity index (χ4n) is 1.86. The first-order valence-corrected chi connectivity index (χ1v) is 4.35. The molecule has 0 atom stereocenters. The molecule has 0 unspecified atom stereocenters. The van der Waals surface area contributed by atoms with Crippen molar-refractivity contribution in [2.24, 2.45) is 5.41 Å². The van der Waals surface area contributed by atoms with Crippen LogP contribution in [0.15, 0.2) is 23.3 Å². The highest BCUT2D eigenvalue weighted by atomic mass is 16.1. The number of aldehydes is 1. The molecule has 0 saturated carbocycles. The number of carbonyl (C=O) groups is 2. The van der Waals surface area contributed by atoms with Crippen LogP contribution in [0, 0.1) is 5.41 Å². The van der Waals surface area contributed by atoms with Gasteiger partial charge in [0.15, 0.2) is 5.78 Å². The van der Waals surface area contributed by atoms with Crippen LogP contribution in [-0.4, -0.2) is 12.1 Å². The van der Waals surface area contributed by atoms with Crippen molar-refractivity contribution in [3.05, 3.63) is 23.3 Å². The average Bonchev–Trinajstić information content (AvgIpc) is 1.95. The maximum atomic E-state index is 11.2. The molecule has 1 aliphatic carbocycles. The number of ketones is 1. The smallest absolute Gasteiger partial charge is 0.156 e. The minimum absolute atomic E-state index is 0.144. The van der Waals surface area contributed by atoms with Crippen LogP contribution in [0.25, 0.3) is 0 Å². The lowest BCUT2D eigenvalue weighted by Crippen LogP contribution is -2.24. The highest BCUT2D eigenvalue weighted by Crippen LogP contribution is 2.38. The first-order chi connectivity index (χ1) is 5.97. The Morgan fingerprint density at radius 1 is 1.46 bits per heavy atom. The van der Waals surface area contributed by atoms with Crippen molar-refractivity contribution in [3.63, 3.8) is 0 Å². The second-order valence-electron chi connectivity index (χ2n) is 4.07. The van der Waals surface area contributed by atoms with Gasteiger partial charge in [0, 0.05) is 6.42 Å². The summed E-state index contributed by atoms with van der Waals surface area (Å²) >= 11 is 0. The molecule has 0 heterocycles. The van der Waals surface area contributed by atoms with Gasteiger partial charge in [-0.2, -0.15) is 0 Å². The van der Waals surface area contributed by atoms with Gasteiger partial charge >= 0.3 is 0 Å². The molecule has 0 fully saturated rings. The predicted octanol–water partition coefficient (Wildman–Crippen LogP) is 2.06. The lowest BCUT2D eigenvalue weighted by Gasteiger charge is -2.30. The van der Waals surface area contributed by atoms with E-state index in [2.05, 4.69) is 0 Å². The zero-order valence-corrected chi connectivity index (χ0v) is 8.26. The molecule has 0 saturated heterocycles. The summed E-state index contributed by atoms with van der Waals surface area (Å²) < 4.78 is 0. The fraction of sp³-hybridized carbons (Fsp3) is 0.455. The molecule has 2 heteroatoms. The summed E-state index contributed by atoms with van der Waals surface area (Å²) in [7, 11) is 0. The third kappa shape index (κ3) is 1.94. The van der Waals surface area contributed by atoms with Gasteiger partial charge in [0.05, 0.1) is 0 Å². The standard InChI is InChI=1S/C11H14O2/c1-8-6-9(13)7-11(2,3)10(8)4-5-12/h4-6H,7H2,1-3H3/b10-4+. The quantitative estimate of drug-likeness (QED) is 0.455. The van der Waals surface area contributed by atoms with Crippen LogP contribution in [-0.2, 0) is 9.59 Å². The van der Waals surface area contributed by atoms with Gasteiger partial charge < -0.3 is 0 Å². The number of allylic oxidation sites excluding steroid dienone is 4. The van der Waals surface area contributed by atoms with E-state index in [0.717, 1.165) is 17.4 Å². The van der Waals surface area contributed by atoms with Gasteiger partial charge in [-0.3, -0.25) is 9.59 Å². The molecule has 70 valence electrons. The monoisotopic (exact) mass is 178 g/mol. The number of carbonyl (C=O) groups excluding carboxylic acids is 2. The Bertz CT molecular complexity index is 306. The van der Waals surface area contributed by atoms with E-state index in [0.29, 0.717) is 6.42 Å². The second-order valence-corrected chi connectivity index (χ2v) is 4.07. The molecule has 0 aromatic carbocycles. The van der Waals surface area contributed by atoms with Crippen molar-refractivity contribution >= 4 is 12.1 Å². The third-order valence-corrected chi connectivity index (χ3v) is 2.38. The van der Waals surface area contributed by atoms with E-state index in [-0.39, 0.29) is 11.2 Å². The molecule has 2 nitrogen and oxygen atoms in total. The minimum Gasteiger partial charge on any atom is -0.299 e. The second kappa shape index (κ2) is 3.29. The van der Waals surface area contributed by atoms with E-state index < -0.39 is 0 Å². The summed E-state index contributed by atoms with van der Waals surface area (Å²) in [6.07, 6.45) is 4.44. The van der Waals surface area contributed by atoms with E-state index in [1.165, 1.54) is 0 Å². The van der Waals surface area contributed by atoms with Gasteiger partial charge in [0.2, 0.25) is 0 Å².